The van der Waals surface area contributed by atoms with Crippen LogP contribution in [0.1, 0.15) is 34.5 Å². The van der Waals surface area contributed by atoms with Crippen LogP contribution in [0.25, 0.3) is 0 Å². The van der Waals surface area contributed by atoms with Gasteiger partial charge < -0.3 is 5.32 Å². The second-order valence-corrected chi connectivity index (χ2v) is 5.55. The quantitative estimate of drug-likeness (QED) is 0.887. The Labute approximate surface area is 113 Å². The molecule has 0 aliphatic heterocycles. The Hall–Kier alpha value is -1.19. The van der Waals surface area contributed by atoms with Crippen molar-refractivity contribution in [3.05, 3.63) is 51.5 Å². The van der Waals surface area contributed by atoms with Gasteiger partial charge in [-0.25, -0.2) is 0 Å². The summed E-state index contributed by atoms with van der Waals surface area (Å²) in [6, 6.07) is 7.11. The van der Waals surface area contributed by atoms with Crippen LogP contribution in [-0.2, 0) is 6.42 Å². The Bertz CT molecular complexity index is 491. The predicted molar refractivity (Wildman–Crippen MR) is 78.2 cm³/mol. The lowest BCUT2D eigenvalue weighted by atomic mass is 10.0. The number of likely N-dealkylation sites (N-methyl/N-ethyl adjacent to an activating group) is 1. The number of rotatable bonds is 5. The molecule has 0 saturated carbocycles. The molecule has 1 aromatic heterocycles. The lowest BCUT2D eigenvalue weighted by Crippen LogP contribution is -2.22. The van der Waals surface area contributed by atoms with E-state index in [1.807, 2.05) is 11.7 Å². The van der Waals surface area contributed by atoms with E-state index < -0.39 is 0 Å². The van der Waals surface area contributed by atoms with E-state index in [1.165, 1.54) is 21.6 Å². The predicted octanol–water partition coefficient (Wildman–Crippen LogP) is 3.65. The van der Waals surface area contributed by atoms with Crippen LogP contribution in [0, 0.1) is 13.8 Å². The van der Waals surface area contributed by atoms with Crippen LogP contribution < -0.4 is 5.32 Å². The first kappa shape index (κ1) is 13.2. The average Bonchev–Trinajstić information content (AvgIpc) is 2.87. The molecule has 0 radical (unpaired) electrons. The smallest absolute Gasteiger partial charge is 0.0794 e. The van der Waals surface area contributed by atoms with Crippen molar-refractivity contribution < 1.29 is 0 Å². The maximum atomic E-state index is 4.18. The maximum Gasteiger partial charge on any atom is 0.0794 e. The van der Waals surface area contributed by atoms with Crippen LogP contribution >= 0.6 is 11.3 Å². The molecular weight excluding hydrogens is 240 g/mol. The summed E-state index contributed by atoms with van der Waals surface area (Å²) in [5, 5.41) is 3.54. The maximum absolute atomic E-state index is 4.18. The standard InChI is InChI=1S/C15H20N2S/c1-4-17-14(15-9-16-10-18-15)8-13-6-5-11(2)12(3)7-13/h5-7,9-10,14,17H,4,8H2,1-3H3. The summed E-state index contributed by atoms with van der Waals surface area (Å²) >= 11 is 1.72. The van der Waals surface area contributed by atoms with Crippen molar-refractivity contribution in [3.8, 4) is 0 Å². The van der Waals surface area contributed by atoms with Crippen LogP contribution in [0.4, 0.5) is 0 Å². The third-order valence-electron chi connectivity index (χ3n) is 3.26. The van der Waals surface area contributed by atoms with Crippen LogP contribution in [0.3, 0.4) is 0 Å². The van der Waals surface area contributed by atoms with Gasteiger partial charge in [-0.3, -0.25) is 4.98 Å². The molecule has 0 spiro atoms. The molecule has 1 atom stereocenters. The summed E-state index contributed by atoms with van der Waals surface area (Å²) in [6.07, 6.45) is 3.00. The van der Waals surface area contributed by atoms with E-state index in [2.05, 4.69) is 49.3 Å². The van der Waals surface area contributed by atoms with Gasteiger partial charge in [0.2, 0.25) is 0 Å². The molecule has 2 rings (SSSR count). The normalized spacial score (nSPS) is 12.6. The lowest BCUT2D eigenvalue weighted by molar-refractivity contribution is 0.557. The molecule has 1 unspecified atom stereocenters. The van der Waals surface area contributed by atoms with Crippen LogP contribution in [-0.4, -0.2) is 11.5 Å². The van der Waals surface area contributed by atoms with Gasteiger partial charge in [-0.2, -0.15) is 0 Å². The molecule has 96 valence electrons. The highest BCUT2D eigenvalue weighted by molar-refractivity contribution is 7.09. The molecule has 2 nitrogen and oxygen atoms in total. The van der Waals surface area contributed by atoms with Gasteiger partial charge in [-0.05, 0) is 43.5 Å². The van der Waals surface area contributed by atoms with Crippen molar-refractivity contribution in [3.63, 3.8) is 0 Å². The molecule has 1 aromatic carbocycles. The minimum atomic E-state index is 0.379. The molecule has 0 saturated heterocycles. The Kier molecular flexibility index (Phi) is 4.50. The topological polar surface area (TPSA) is 24.9 Å². The van der Waals surface area contributed by atoms with E-state index >= 15 is 0 Å². The van der Waals surface area contributed by atoms with Crippen molar-refractivity contribution in [2.45, 2.75) is 33.2 Å². The number of aromatic nitrogens is 1. The molecular formula is C15H20N2S. The summed E-state index contributed by atoms with van der Waals surface area (Å²) in [6.45, 7) is 7.46. The first-order valence-corrected chi connectivity index (χ1v) is 7.26. The van der Waals surface area contributed by atoms with Crippen molar-refractivity contribution >= 4 is 11.3 Å². The van der Waals surface area contributed by atoms with Crippen LogP contribution in [0.15, 0.2) is 29.9 Å². The van der Waals surface area contributed by atoms with Gasteiger partial charge in [0.05, 0.1) is 5.51 Å². The summed E-state index contributed by atoms with van der Waals surface area (Å²) in [7, 11) is 0. The van der Waals surface area contributed by atoms with Crippen molar-refractivity contribution in [2.24, 2.45) is 0 Å². The van der Waals surface area contributed by atoms with Gasteiger partial charge in [0.25, 0.3) is 0 Å². The number of hydrogen-bond acceptors (Lipinski definition) is 3. The summed E-state index contributed by atoms with van der Waals surface area (Å²) in [4.78, 5) is 5.49. The van der Waals surface area contributed by atoms with Gasteiger partial charge in [-0.1, -0.05) is 25.1 Å². The van der Waals surface area contributed by atoms with E-state index in [9.17, 15) is 0 Å². The molecule has 2 aromatic rings. The number of thiazole rings is 1. The zero-order valence-electron chi connectivity index (χ0n) is 11.2. The SMILES string of the molecule is CCNC(Cc1ccc(C)c(C)c1)c1cncs1. The van der Waals surface area contributed by atoms with Crippen LogP contribution in [0.5, 0.6) is 0 Å². The molecule has 18 heavy (non-hydrogen) atoms. The number of nitrogens with one attached hydrogen (secondary N) is 1. The third-order valence-corrected chi connectivity index (χ3v) is 4.15. The fourth-order valence-corrected chi connectivity index (χ4v) is 2.78. The fourth-order valence-electron chi connectivity index (χ4n) is 2.08. The highest BCUT2D eigenvalue weighted by atomic mass is 32.1. The second-order valence-electron chi connectivity index (χ2n) is 4.64. The molecule has 0 aliphatic carbocycles. The number of nitrogens with zero attached hydrogens (tertiary/aromatic N) is 1. The molecule has 1 heterocycles. The lowest BCUT2D eigenvalue weighted by Gasteiger charge is -2.16. The van der Waals surface area contributed by atoms with Crippen molar-refractivity contribution in [1.82, 2.24) is 10.3 Å². The van der Waals surface area contributed by atoms with E-state index in [0.29, 0.717) is 6.04 Å². The van der Waals surface area contributed by atoms with E-state index in [-0.39, 0.29) is 0 Å². The first-order chi connectivity index (χ1) is 8.70. The van der Waals surface area contributed by atoms with Crippen molar-refractivity contribution in [2.75, 3.05) is 6.54 Å². The molecule has 0 amide bonds. The molecule has 0 aliphatic rings. The second kappa shape index (κ2) is 6.12. The minimum absolute atomic E-state index is 0.379. The fraction of sp³-hybridized carbons (Fsp3) is 0.400. The summed E-state index contributed by atoms with van der Waals surface area (Å²) in [5.41, 5.74) is 6.01. The molecule has 3 heteroatoms. The average molecular weight is 260 g/mol. The van der Waals surface area contributed by atoms with Gasteiger partial charge in [0, 0.05) is 17.1 Å². The molecule has 0 bridgehead atoms. The van der Waals surface area contributed by atoms with Gasteiger partial charge in [-0.15, -0.1) is 11.3 Å². The molecule has 1 N–H and O–H groups in total. The summed E-state index contributed by atoms with van der Waals surface area (Å²) in [5.74, 6) is 0. The first-order valence-electron chi connectivity index (χ1n) is 6.38. The monoisotopic (exact) mass is 260 g/mol. The Morgan fingerprint density at radius 1 is 1.28 bits per heavy atom. The Morgan fingerprint density at radius 3 is 2.72 bits per heavy atom. The largest absolute Gasteiger partial charge is 0.309 e. The van der Waals surface area contributed by atoms with E-state index in [4.69, 9.17) is 0 Å². The number of benzene rings is 1. The number of aryl methyl sites for hydroxylation is 2. The van der Waals surface area contributed by atoms with Crippen molar-refractivity contribution in [1.29, 1.82) is 0 Å². The van der Waals surface area contributed by atoms with E-state index in [1.54, 1.807) is 11.3 Å². The van der Waals surface area contributed by atoms with E-state index in [0.717, 1.165) is 13.0 Å². The Morgan fingerprint density at radius 2 is 2.11 bits per heavy atom. The highest BCUT2D eigenvalue weighted by Crippen LogP contribution is 2.22. The minimum Gasteiger partial charge on any atom is -0.309 e. The van der Waals surface area contributed by atoms with Crippen LogP contribution in [0.2, 0.25) is 0 Å². The summed E-state index contributed by atoms with van der Waals surface area (Å²) < 4.78 is 0. The molecule has 0 fully saturated rings. The highest BCUT2D eigenvalue weighted by Gasteiger charge is 2.12. The Balaban J connectivity index is 2.16. The van der Waals surface area contributed by atoms with Gasteiger partial charge in [0.1, 0.15) is 0 Å². The van der Waals surface area contributed by atoms with Gasteiger partial charge >= 0.3 is 0 Å². The van der Waals surface area contributed by atoms with Gasteiger partial charge in [0.15, 0.2) is 0 Å². The number of hydrogen-bond donors (Lipinski definition) is 1. The third kappa shape index (κ3) is 3.18. The zero-order chi connectivity index (χ0) is 13.0. The zero-order valence-corrected chi connectivity index (χ0v) is 12.1.